The third kappa shape index (κ3) is 2.44. The van der Waals surface area contributed by atoms with E-state index in [0.29, 0.717) is 6.54 Å². The summed E-state index contributed by atoms with van der Waals surface area (Å²) in [4.78, 5) is 11.5. The Morgan fingerprint density at radius 2 is 2.12 bits per heavy atom. The van der Waals surface area contributed by atoms with E-state index in [1.54, 1.807) is 0 Å². The summed E-state index contributed by atoms with van der Waals surface area (Å²) in [7, 11) is 0. The fourth-order valence-electron chi connectivity index (χ4n) is 1.24. The first-order valence-corrected chi connectivity index (χ1v) is 4.87. The van der Waals surface area contributed by atoms with Crippen molar-refractivity contribution in [3.8, 4) is 0 Å². The smallest absolute Gasteiger partial charge is 0.275 e. The van der Waals surface area contributed by atoms with Gasteiger partial charge in [-0.15, -0.1) is 0 Å². The van der Waals surface area contributed by atoms with Gasteiger partial charge < -0.3 is 5.32 Å². The number of aromatic nitrogens is 2. The highest BCUT2D eigenvalue weighted by atomic mass is 16.6. The Bertz CT molecular complexity index is 462. The molecular formula is C11H11N3O2. The summed E-state index contributed by atoms with van der Waals surface area (Å²) in [6, 6.07) is 7.94. The van der Waals surface area contributed by atoms with Crippen LogP contribution in [0.25, 0.3) is 0 Å². The number of benzene rings is 1. The van der Waals surface area contributed by atoms with Crippen molar-refractivity contribution in [3.63, 3.8) is 0 Å². The SMILES string of the molecule is Cc1ccc(CNC(=O)c2cnon2)cc1. The van der Waals surface area contributed by atoms with E-state index >= 15 is 0 Å². The molecule has 0 saturated heterocycles. The van der Waals surface area contributed by atoms with Crippen LogP contribution in [-0.2, 0) is 6.54 Å². The first-order valence-electron chi connectivity index (χ1n) is 4.87. The molecule has 5 nitrogen and oxygen atoms in total. The van der Waals surface area contributed by atoms with E-state index < -0.39 is 0 Å². The molecule has 1 N–H and O–H groups in total. The van der Waals surface area contributed by atoms with Crippen molar-refractivity contribution in [2.75, 3.05) is 0 Å². The minimum absolute atomic E-state index is 0.187. The highest BCUT2D eigenvalue weighted by Gasteiger charge is 2.08. The van der Waals surface area contributed by atoms with Crippen LogP contribution in [0.1, 0.15) is 21.6 Å². The van der Waals surface area contributed by atoms with Crippen molar-refractivity contribution in [3.05, 3.63) is 47.3 Å². The van der Waals surface area contributed by atoms with E-state index in [4.69, 9.17) is 0 Å². The lowest BCUT2D eigenvalue weighted by Crippen LogP contribution is -2.22. The lowest BCUT2D eigenvalue weighted by atomic mass is 10.1. The molecule has 1 aromatic carbocycles. The Morgan fingerprint density at radius 1 is 1.38 bits per heavy atom. The minimum Gasteiger partial charge on any atom is -0.346 e. The molecule has 1 aromatic heterocycles. The number of aryl methyl sites for hydroxylation is 1. The third-order valence-electron chi connectivity index (χ3n) is 2.17. The van der Waals surface area contributed by atoms with Crippen molar-refractivity contribution in [1.29, 1.82) is 0 Å². The Balaban J connectivity index is 1.93. The van der Waals surface area contributed by atoms with Crippen LogP contribution in [0.3, 0.4) is 0 Å². The van der Waals surface area contributed by atoms with Crippen LogP contribution in [0.15, 0.2) is 35.1 Å². The first-order chi connectivity index (χ1) is 7.75. The molecule has 82 valence electrons. The van der Waals surface area contributed by atoms with E-state index in [2.05, 4.69) is 20.3 Å². The zero-order valence-electron chi connectivity index (χ0n) is 8.80. The molecule has 0 spiro atoms. The molecule has 0 bridgehead atoms. The lowest BCUT2D eigenvalue weighted by molar-refractivity contribution is 0.0941. The highest BCUT2D eigenvalue weighted by molar-refractivity contribution is 5.91. The van der Waals surface area contributed by atoms with E-state index in [0.717, 1.165) is 5.56 Å². The van der Waals surface area contributed by atoms with Gasteiger partial charge in [-0.1, -0.05) is 35.0 Å². The first kappa shape index (κ1) is 10.4. The van der Waals surface area contributed by atoms with Gasteiger partial charge >= 0.3 is 0 Å². The second-order valence-electron chi connectivity index (χ2n) is 3.46. The zero-order valence-corrected chi connectivity index (χ0v) is 8.80. The standard InChI is InChI=1S/C11H11N3O2/c1-8-2-4-9(5-3-8)6-12-11(15)10-7-13-16-14-10/h2-5,7H,6H2,1H3,(H,12,15). The Morgan fingerprint density at radius 3 is 2.75 bits per heavy atom. The number of carbonyl (C=O) groups is 1. The summed E-state index contributed by atoms with van der Waals surface area (Å²) >= 11 is 0. The predicted molar refractivity (Wildman–Crippen MR) is 56.6 cm³/mol. The van der Waals surface area contributed by atoms with E-state index in [9.17, 15) is 4.79 Å². The normalized spacial score (nSPS) is 10.1. The van der Waals surface area contributed by atoms with Gasteiger partial charge in [0, 0.05) is 6.54 Å². The van der Waals surface area contributed by atoms with Gasteiger partial charge in [-0.2, -0.15) is 0 Å². The molecule has 0 fully saturated rings. The van der Waals surface area contributed by atoms with Crippen molar-refractivity contribution in [1.82, 2.24) is 15.6 Å². The average molecular weight is 217 g/mol. The van der Waals surface area contributed by atoms with Crippen LogP contribution >= 0.6 is 0 Å². The van der Waals surface area contributed by atoms with Crippen molar-refractivity contribution < 1.29 is 9.42 Å². The molecule has 2 aromatic rings. The molecular weight excluding hydrogens is 206 g/mol. The van der Waals surface area contributed by atoms with Crippen LogP contribution in [0, 0.1) is 6.92 Å². The molecule has 0 aliphatic carbocycles. The largest absolute Gasteiger partial charge is 0.346 e. The Labute approximate surface area is 92.4 Å². The summed E-state index contributed by atoms with van der Waals surface area (Å²) in [5.41, 5.74) is 2.42. The van der Waals surface area contributed by atoms with Crippen LogP contribution in [-0.4, -0.2) is 16.2 Å². The molecule has 0 atom stereocenters. The molecule has 0 radical (unpaired) electrons. The van der Waals surface area contributed by atoms with Crippen molar-refractivity contribution in [2.45, 2.75) is 13.5 Å². The van der Waals surface area contributed by atoms with E-state index in [1.807, 2.05) is 31.2 Å². The predicted octanol–water partition coefficient (Wildman–Crippen LogP) is 1.31. The fraction of sp³-hybridized carbons (Fsp3) is 0.182. The van der Waals surface area contributed by atoms with Gasteiger partial charge in [0.25, 0.3) is 5.91 Å². The van der Waals surface area contributed by atoms with E-state index in [1.165, 1.54) is 11.8 Å². The number of nitrogens with zero attached hydrogens (tertiary/aromatic N) is 2. The summed E-state index contributed by atoms with van der Waals surface area (Å²) in [5, 5.41) is 9.53. The Hall–Kier alpha value is -2.17. The van der Waals surface area contributed by atoms with Gasteiger partial charge in [0.1, 0.15) is 6.20 Å². The van der Waals surface area contributed by atoms with Gasteiger partial charge in [-0.05, 0) is 17.6 Å². The highest BCUT2D eigenvalue weighted by Crippen LogP contribution is 2.02. The van der Waals surface area contributed by atoms with Gasteiger partial charge in [0.15, 0.2) is 5.69 Å². The molecule has 1 heterocycles. The van der Waals surface area contributed by atoms with E-state index in [-0.39, 0.29) is 11.6 Å². The van der Waals surface area contributed by atoms with Gasteiger partial charge in [0.05, 0.1) is 0 Å². The van der Waals surface area contributed by atoms with Crippen LogP contribution < -0.4 is 5.32 Å². The molecule has 2 rings (SSSR count). The summed E-state index contributed by atoms with van der Waals surface area (Å²) in [6.45, 7) is 2.48. The second kappa shape index (κ2) is 4.57. The lowest BCUT2D eigenvalue weighted by Gasteiger charge is -2.02. The summed E-state index contributed by atoms with van der Waals surface area (Å²) < 4.78 is 4.34. The Kier molecular flexibility index (Phi) is 2.95. The van der Waals surface area contributed by atoms with Crippen molar-refractivity contribution in [2.24, 2.45) is 0 Å². The van der Waals surface area contributed by atoms with Crippen molar-refractivity contribution >= 4 is 5.91 Å². The number of nitrogens with one attached hydrogen (secondary N) is 1. The maximum atomic E-state index is 11.5. The zero-order chi connectivity index (χ0) is 11.4. The maximum Gasteiger partial charge on any atom is 0.275 e. The summed E-state index contributed by atoms with van der Waals surface area (Å²) in [6.07, 6.45) is 1.28. The number of rotatable bonds is 3. The number of amides is 1. The number of carbonyl (C=O) groups excluding carboxylic acids is 1. The van der Waals surface area contributed by atoms with Crippen LogP contribution in [0.4, 0.5) is 0 Å². The molecule has 0 aliphatic rings. The molecule has 5 heteroatoms. The van der Waals surface area contributed by atoms with Gasteiger partial charge in [-0.25, -0.2) is 4.63 Å². The summed E-state index contributed by atoms with van der Waals surface area (Å²) in [5.74, 6) is -0.290. The second-order valence-corrected chi connectivity index (χ2v) is 3.46. The molecule has 1 amide bonds. The fourth-order valence-corrected chi connectivity index (χ4v) is 1.24. The topological polar surface area (TPSA) is 68.0 Å². The number of hydrogen-bond donors (Lipinski definition) is 1. The molecule has 16 heavy (non-hydrogen) atoms. The van der Waals surface area contributed by atoms with Crippen LogP contribution in [0.2, 0.25) is 0 Å². The quantitative estimate of drug-likeness (QED) is 0.841. The monoisotopic (exact) mass is 217 g/mol. The van der Waals surface area contributed by atoms with Gasteiger partial charge in [-0.3, -0.25) is 4.79 Å². The molecule has 0 aliphatic heterocycles. The number of hydrogen-bond acceptors (Lipinski definition) is 4. The third-order valence-corrected chi connectivity index (χ3v) is 2.17. The maximum absolute atomic E-state index is 11.5. The molecule has 0 saturated carbocycles. The molecule has 0 unspecified atom stereocenters. The van der Waals surface area contributed by atoms with Gasteiger partial charge in [0.2, 0.25) is 0 Å². The van der Waals surface area contributed by atoms with Crippen LogP contribution in [0.5, 0.6) is 0 Å². The minimum atomic E-state index is -0.290. The average Bonchev–Trinajstić information content (AvgIpc) is 2.81.